The number of nitrogens with one attached hydrogen (secondary N) is 3. The van der Waals surface area contributed by atoms with Gasteiger partial charge in [-0.05, 0) is 101 Å². The van der Waals surface area contributed by atoms with Crippen LogP contribution in [0.15, 0.2) is 29.2 Å². The number of urea groups is 1. The molecule has 3 fully saturated rings. The van der Waals surface area contributed by atoms with E-state index in [2.05, 4.69) is 49.5 Å². The van der Waals surface area contributed by atoms with Gasteiger partial charge in [-0.3, -0.25) is 24.6 Å². The first-order valence-corrected chi connectivity index (χ1v) is 17.9. The minimum Gasteiger partial charge on any atom is -0.479 e. The van der Waals surface area contributed by atoms with Crippen molar-refractivity contribution < 1.29 is 14.3 Å². The maximum Gasteiger partial charge on any atom is 0.318 e. The summed E-state index contributed by atoms with van der Waals surface area (Å²) in [5.74, 6) is 0.665. The van der Waals surface area contributed by atoms with Crippen molar-refractivity contribution in [1.82, 2.24) is 40.1 Å². The molecule has 6 heterocycles. The smallest absolute Gasteiger partial charge is 0.318 e. The molecule has 12 nitrogen and oxygen atoms in total. The maximum atomic E-state index is 14.2. The summed E-state index contributed by atoms with van der Waals surface area (Å²) in [4.78, 5) is 52.6. The quantitative estimate of drug-likeness (QED) is 0.372. The van der Waals surface area contributed by atoms with Crippen LogP contribution < -0.4 is 15.6 Å². The van der Waals surface area contributed by atoms with Gasteiger partial charge in [-0.1, -0.05) is 6.07 Å². The van der Waals surface area contributed by atoms with Crippen LogP contribution in [0.3, 0.4) is 0 Å². The molecule has 258 valence electrons. The van der Waals surface area contributed by atoms with Crippen LogP contribution in [-0.2, 0) is 17.6 Å². The monoisotopic (exact) mass is 658 g/mol. The number of benzene rings is 1. The summed E-state index contributed by atoms with van der Waals surface area (Å²) in [7, 11) is 2.18. The van der Waals surface area contributed by atoms with Crippen LogP contribution in [-0.4, -0.2) is 125 Å². The number of aromatic amines is 2. The van der Waals surface area contributed by atoms with Crippen LogP contribution in [0.4, 0.5) is 4.79 Å². The first-order valence-electron chi connectivity index (χ1n) is 17.9. The summed E-state index contributed by atoms with van der Waals surface area (Å²) in [6.45, 7) is 9.03. The van der Waals surface area contributed by atoms with Crippen molar-refractivity contribution in [1.29, 1.82) is 0 Å². The van der Waals surface area contributed by atoms with Crippen LogP contribution >= 0.6 is 0 Å². The molecule has 3 saturated heterocycles. The number of carbonyl (C=O) groups excluding carboxylic acids is 2. The average molecular weight is 659 g/mol. The van der Waals surface area contributed by atoms with Gasteiger partial charge in [-0.25, -0.2) is 4.79 Å². The summed E-state index contributed by atoms with van der Waals surface area (Å²) in [6, 6.07) is 5.85. The van der Waals surface area contributed by atoms with Crippen molar-refractivity contribution in [2.24, 2.45) is 0 Å². The molecule has 7 rings (SSSR count). The Labute approximate surface area is 282 Å². The van der Waals surface area contributed by atoms with Gasteiger partial charge in [0.1, 0.15) is 6.04 Å². The van der Waals surface area contributed by atoms with Gasteiger partial charge in [0.25, 0.3) is 5.56 Å². The van der Waals surface area contributed by atoms with Crippen molar-refractivity contribution in [3.63, 3.8) is 0 Å². The minimum absolute atomic E-state index is 0.0232. The second-order valence-corrected chi connectivity index (χ2v) is 14.3. The summed E-state index contributed by atoms with van der Waals surface area (Å²) in [5, 5.41) is 11.4. The first-order chi connectivity index (χ1) is 23.3. The largest absolute Gasteiger partial charge is 0.479 e. The first kappa shape index (κ1) is 32.6. The number of hydrogen-bond acceptors (Lipinski definition) is 7. The van der Waals surface area contributed by atoms with E-state index in [-0.39, 0.29) is 23.4 Å². The lowest BCUT2D eigenvalue weighted by atomic mass is 9.89. The molecule has 0 spiro atoms. The van der Waals surface area contributed by atoms with Crippen molar-refractivity contribution in [2.75, 3.05) is 66.0 Å². The number of rotatable bonds is 6. The van der Waals surface area contributed by atoms with Crippen molar-refractivity contribution in [3.8, 4) is 5.88 Å². The van der Waals surface area contributed by atoms with Gasteiger partial charge in [-0.15, -0.1) is 0 Å². The van der Waals surface area contributed by atoms with Crippen molar-refractivity contribution >= 4 is 22.8 Å². The molecule has 48 heavy (non-hydrogen) atoms. The van der Waals surface area contributed by atoms with E-state index in [1.165, 1.54) is 12.8 Å². The predicted molar refractivity (Wildman–Crippen MR) is 185 cm³/mol. The van der Waals surface area contributed by atoms with Crippen LogP contribution in [0, 0.1) is 6.92 Å². The molecule has 3 amide bonds. The topological polar surface area (TPSA) is 130 Å². The molecular weight excluding hydrogens is 608 g/mol. The van der Waals surface area contributed by atoms with Crippen LogP contribution in [0.1, 0.15) is 66.7 Å². The molecule has 0 saturated carbocycles. The van der Waals surface area contributed by atoms with E-state index in [4.69, 9.17) is 4.74 Å². The fourth-order valence-corrected chi connectivity index (χ4v) is 8.17. The highest BCUT2D eigenvalue weighted by atomic mass is 16.5. The van der Waals surface area contributed by atoms with Gasteiger partial charge in [0.15, 0.2) is 5.88 Å². The number of carbonyl (C=O) groups is 2. The standard InChI is InChI=1S/C36H50N8O4/c1-24-19-25(20-28-23-37-40-32(24)28)21-31(35(46)43-16-14-42(15-17-43)29-8-10-41(2)11-9-29)38-36(47)44-12-6-26(7-13-44)30-22-27-5-3-4-18-48-34(27)39-33(30)45/h19-20,22-23,26,29,31H,3-18,21H2,1-2H3,(H,37,40)(H,38,47)(H,39,45)/t31-/m1/s1. The number of piperazine rings is 1. The molecule has 3 N–H and O–H groups in total. The average Bonchev–Trinajstić information content (AvgIpc) is 3.47. The Bertz CT molecular complexity index is 1660. The van der Waals surface area contributed by atoms with Gasteiger partial charge in [0, 0.05) is 68.2 Å². The lowest BCUT2D eigenvalue weighted by Gasteiger charge is -2.43. The second-order valence-electron chi connectivity index (χ2n) is 14.3. The number of fused-ring (bicyclic) bond motifs is 2. The molecule has 12 heteroatoms. The van der Waals surface area contributed by atoms with E-state index in [0.717, 1.165) is 78.6 Å². The molecule has 0 unspecified atom stereocenters. The van der Waals surface area contributed by atoms with E-state index >= 15 is 0 Å². The molecule has 0 aliphatic carbocycles. The number of hydrogen-bond donors (Lipinski definition) is 3. The molecule has 0 bridgehead atoms. The number of aromatic nitrogens is 3. The Morgan fingerprint density at radius 3 is 2.52 bits per heavy atom. The van der Waals surface area contributed by atoms with E-state index in [0.29, 0.717) is 64.0 Å². The number of ether oxygens (including phenoxy) is 1. The minimum atomic E-state index is -0.679. The molecule has 1 atom stereocenters. The lowest BCUT2D eigenvalue weighted by molar-refractivity contribution is -0.135. The maximum absolute atomic E-state index is 14.2. The molecular formula is C36H50N8O4. The van der Waals surface area contributed by atoms with Crippen molar-refractivity contribution in [3.05, 3.63) is 57.0 Å². The number of piperidine rings is 2. The van der Waals surface area contributed by atoms with Gasteiger partial charge in [0.2, 0.25) is 5.91 Å². The van der Waals surface area contributed by atoms with E-state index in [1.807, 2.05) is 17.9 Å². The zero-order valence-corrected chi connectivity index (χ0v) is 28.4. The third-order valence-electron chi connectivity index (χ3n) is 11.1. The highest BCUT2D eigenvalue weighted by molar-refractivity contribution is 5.88. The van der Waals surface area contributed by atoms with Crippen LogP contribution in [0.2, 0.25) is 0 Å². The number of aryl methyl sites for hydroxylation is 2. The fourth-order valence-electron chi connectivity index (χ4n) is 8.17. The Morgan fingerprint density at radius 1 is 0.979 bits per heavy atom. The SMILES string of the molecule is Cc1cc(C[C@@H](NC(=O)N2CCC(c3cc4c([nH]c3=O)OCCCC4)CC2)C(=O)N2CCN(C3CCN(C)CC3)CC2)cc2cn[nH]c12. The number of amides is 3. The molecule has 4 aliphatic heterocycles. The highest BCUT2D eigenvalue weighted by Crippen LogP contribution is 2.30. The Morgan fingerprint density at radius 2 is 1.75 bits per heavy atom. The number of H-pyrrole nitrogens is 2. The summed E-state index contributed by atoms with van der Waals surface area (Å²) in [6.07, 6.45) is 8.87. The third-order valence-corrected chi connectivity index (χ3v) is 11.1. The molecule has 4 aliphatic rings. The van der Waals surface area contributed by atoms with Gasteiger partial charge in [-0.2, -0.15) is 5.10 Å². The number of likely N-dealkylation sites (tertiary alicyclic amines) is 2. The number of nitrogens with zero attached hydrogens (tertiary/aromatic N) is 5. The van der Waals surface area contributed by atoms with Gasteiger partial charge in [0.05, 0.1) is 18.3 Å². The van der Waals surface area contributed by atoms with Crippen LogP contribution in [0.25, 0.3) is 10.9 Å². The zero-order chi connectivity index (χ0) is 33.2. The van der Waals surface area contributed by atoms with E-state index < -0.39 is 6.04 Å². The third kappa shape index (κ3) is 7.10. The van der Waals surface area contributed by atoms with E-state index in [1.54, 1.807) is 11.1 Å². The van der Waals surface area contributed by atoms with Crippen LogP contribution in [0.5, 0.6) is 5.88 Å². The molecule has 2 aromatic heterocycles. The molecule has 1 aromatic carbocycles. The van der Waals surface area contributed by atoms with Gasteiger partial charge < -0.3 is 24.8 Å². The molecule has 3 aromatic rings. The van der Waals surface area contributed by atoms with E-state index in [9.17, 15) is 14.4 Å². The lowest BCUT2D eigenvalue weighted by Crippen LogP contribution is -2.59. The van der Waals surface area contributed by atoms with Crippen molar-refractivity contribution in [2.45, 2.75) is 76.3 Å². The Hall–Kier alpha value is -3.90. The fraction of sp³-hybridized carbons (Fsp3) is 0.611. The van der Waals surface area contributed by atoms with Gasteiger partial charge >= 0.3 is 6.03 Å². The zero-order valence-electron chi connectivity index (χ0n) is 28.4. The summed E-state index contributed by atoms with van der Waals surface area (Å²) < 4.78 is 5.77. The Kier molecular flexibility index (Phi) is 9.72. The second kappa shape index (κ2) is 14.3. The number of pyridine rings is 1. The summed E-state index contributed by atoms with van der Waals surface area (Å²) >= 11 is 0. The normalized spacial score (nSPS) is 21.0. The predicted octanol–water partition coefficient (Wildman–Crippen LogP) is 3.01. The highest BCUT2D eigenvalue weighted by Gasteiger charge is 2.34. The molecule has 0 radical (unpaired) electrons. The Balaban J connectivity index is 1.02. The summed E-state index contributed by atoms with van der Waals surface area (Å²) in [5.41, 5.74) is 4.81.